The van der Waals surface area contributed by atoms with Gasteiger partial charge in [0, 0.05) is 0 Å². The Labute approximate surface area is 118 Å². The minimum atomic E-state index is -0.752. The van der Waals surface area contributed by atoms with Gasteiger partial charge in [0.1, 0.15) is 12.0 Å². The number of ether oxygens (including phenoxy) is 1. The molecule has 1 atom stereocenters. The molecule has 3 nitrogen and oxygen atoms in total. The van der Waals surface area contributed by atoms with Crippen molar-refractivity contribution in [3.05, 3.63) is 71.8 Å². The summed E-state index contributed by atoms with van der Waals surface area (Å²) >= 11 is 0. The van der Waals surface area contributed by atoms with Crippen molar-refractivity contribution < 1.29 is 9.53 Å². The van der Waals surface area contributed by atoms with Gasteiger partial charge in [0.15, 0.2) is 6.10 Å². The van der Waals surface area contributed by atoms with Gasteiger partial charge in [0.05, 0.1) is 0 Å². The third-order valence-corrected chi connectivity index (χ3v) is 2.98. The average Bonchev–Trinajstić information content (AvgIpc) is 2.49. The minimum Gasteiger partial charge on any atom is -0.447 e. The Morgan fingerprint density at radius 1 is 1.00 bits per heavy atom. The van der Waals surface area contributed by atoms with Gasteiger partial charge < -0.3 is 4.74 Å². The van der Waals surface area contributed by atoms with Gasteiger partial charge in [0.2, 0.25) is 0 Å². The van der Waals surface area contributed by atoms with Gasteiger partial charge in [0.25, 0.3) is 0 Å². The quantitative estimate of drug-likeness (QED) is 0.797. The van der Waals surface area contributed by atoms with Gasteiger partial charge in [-0.2, -0.15) is 5.26 Å². The predicted octanol–water partition coefficient (Wildman–Crippen LogP) is 3.27. The third-order valence-electron chi connectivity index (χ3n) is 2.98. The van der Waals surface area contributed by atoms with Crippen molar-refractivity contribution in [2.75, 3.05) is 0 Å². The molecule has 0 aliphatic rings. The van der Waals surface area contributed by atoms with E-state index < -0.39 is 18.0 Å². The van der Waals surface area contributed by atoms with Crippen LogP contribution in [0.2, 0.25) is 0 Å². The number of nitriles is 1. The summed E-state index contributed by atoms with van der Waals surface area (Å²) in [6, 6.07) is 20.8. The molecule has 3 heteroatoms. The number of nitrogens with zero attached hydrogens (tertiary/aromatic N) is 1. The second-order valence-electron chi connectivity index (χ2n) is 4.46. The number of benzene rings is 2. The molecule has 0 aromatic heterocycles. The van der Waals surface area contributed by atoms with Crippen LogP contribution in [0.5, 0.6) is 0 Å². The van der Waals surface area contributed by atoms with Crippen LogP contribution < -0.4 is 0 Å². The molecule has 0 spiro atoms. The molecule has 2 rings (SSSR count). The van der Waals surface area contributed by atoms with Crippen LogP contribution in [0.1, 0.15) is 24.0 Å². The van der Waals surface area contributed by atoms with Crippen molar-refractivity contribution >= 4 is 5.97 Å². The Kier molecular flexibility index (Phi) is 4.52. The van der Waals surface area contributed by atoms with Crippen LogP contribution in [0.15, 0.2) is 60.7 Å². The highest BCUT2D eigenvalue weighted by molar-refractivity contribution is 5.82. The Bertz CT molecular complexity index is 562. The van der Waals surface area contributed by atoms with Crippen molar-refractivity contribution in [3.8, 4) is 6.07 Å². The zero-order chi connectivity index (χ0) is 14.4. The maximum absolute atomic E-state index is 12.3. The highest BCUT2D eigenvalue weighted by Crippen LogP contribution is 2.26. The summed E-state index contributed by atoms with van der Waals surface area (Å²) in [4.78, 5) is 12.3. The first-order valence-corrected chi connectivity index (χ1v) is 6.42. The second kappa shape index (κ2) is 6.53. The maximum Gasteiger partial charge on any atom is 0.319 e. The number of hydrogen-bond acceptors (Lipinski definition) is 3. The van der Waals surface area contributed by atoms with E-state index in [1.54, 1.807) is 6.92 Å². The summed E-state index contributed by atoms with van der Waals surface area (Å²) in [5.74, 6) is -0.912. The van der Waals surface area contributed by atoms with E-state index in [1.165, 1.54) is 0 Å². The summed E-state index contributed by atoms with van der Waals surface area (Å²) in [5.41, 5.74) is 1.71. The molecule has 0 N–H and O–H groups in total. The van der Waals surface area contributed by atoms with Crippen LogP contribution in [-0.4, -0.2) is 12.1 Å². The molecule has 100 valence electrons. The lowest BCUT2D eigenvalue weighted by atomic mass is 9.91. The molecule has 20 heavy (non-hydrogen) atoms. The Hall–Kier alpha value is -2.60. The fraction of sp³-hybridized carbons (Fsp3) is 0.176. The lowest BCUT2D eigenvalue weighted by molar-refractivity contribution is -0.146. The van der Waals surface area contributed by atoms with Crippen molar-refractivity contribution in [2.24, 2.45) is 0 Å². The largest absolute Gasteiger partial charge is 0.447 e. The fourth-order valence-corrected chi connectivity index (χ4v) is 2.02. The SMILES string of the molecule is CC(C#N)OC(=O)C(c1ccccc1)c1ccccc1. The van der Waals surface area contributed by atoms with Gasteiger partial charge in [-0.25, -0.2) is 0 Å². The molecule has 0 saturated heterocycles. The van der Waals surface area contributed by atoms with E-state index in [4.69, 9.17) is 10.00 Å². The van der Waals surface area contributed by atoms with Crippen LogP contribution in [0.3, 0.4) is 0 Å². The number of carbonyl (C=O) groups is 1. The Morgan fingerprint density at radius 2 is 1.45 bits per heavy atom. The zero-order valence-electron chi connectivity index (χ0n) is 11.2. The maximum atomic E-state index is 12.3. The standard InChI is InChI=1S/C17H15NO2/c1-13(12-18)20-17(19)16(14-8-4-2-5-9-14)15-10-6-3-7-11-15/h2-11,13,16H,1H3. The summed E-state index contributed by atoms with van der Waals surface area (Å²) in [5, 5.41) is 8.78. The van der Waals surface area contributed by atoms with E-state index in [0.717, 1.165) is 11.1 Å². The van der Waals surface area contributed by atoms with Gasteiger partial charge in [-0.3, -0.25) is 4.79 Å². The summed E-state index contributed by atoms with van der Waals surface area (Å²) in [6.07, 6.45) is -0.752. The number of rotatable bonds is 4. The molecule has 0 radical (unpaired) electrons. The van der Waals surface area contributed by atoms with Gasteiger partial charge in [-0.1, -0.05) is 60.7 Å². The molecule has 0 aliphatic heterocycles. The molecule has 0 fully saturated rings. The highest BCUT2D eigenvalue weighted by atomic mass is 16.5. The first-order chi connectivity index (χ1) is 9.72. The Morgan fingerprint density at radius 3 is 1.85 bits per heavy atom. The lowest BCUT2D eigenvalue weighted by Gasteiger charge is -2.17. The van der Waals surface area contributed by atoms with Crippen molar-refractivity contribution in [1.82, 2.24) is 0 Å². The molecule has 0 amide bonds. The number of hydrogen-bond donors (Lipinski definition) is 0. The molecular formula is C17H15NO2. The van der Waals surface area contributed by atoms with E-state index in [1.807, 2.05) is 66.7 Å². The topological polar surface area (TPSA) is 50.1 Å². The summed E-state index contributed by atoms with van der Waals surface area (Å²) in [7, 11) is 0. The Balaban J connectivity index is 2.36. The number of esters is 1. The molecule has 0 bridgehead atoms. The molecule has 2 aromatic rings. The van der Waals surface area contributed by atoms with Crippen LogP contribution in [0.4, 0.5) is 0 Å². The van der Waals surface area contributed by atoms with E-state index in [2.05, 4.69) is 0 Å². The van der Waals surface area contributed by atoms with E-state index in [-0.39, 0.29) is 0 Å². The fourth-order valence-electron chi connectivity index (χ4n) is 2.02. The zero-order valence-corrected chi connectivity index (χ0v) is 11.2. The van der Waals surface area contributed by atoms with E-state index >= 15 is 0 Å². The summed E-state index contributed by atoms with van der Waals surface area (Å²) in [6.45, 7) is 1.56. The van der Waals surface area contributed by atoms with Gasteiger partial charge >= 0.3 is 5.97 Å². The minimum absolute atomic E-state index is 0.406. The van der Waals surface area contributed by atoms with E-state index in [9.17, 15) is 4.79 Å². The van der Waals surface area contributed by atoms with Crippen LogP contribution in [-0.2, 0) is 9.53 Å². The van der Waals surface area contributed by atoms with E-state index in [0.29, 0.717) is 0 Å². The monoisotopic (exact) mass is 265 g/mol. The molecule has 0 saturated carbocycles. The second-order valence-corrected chi connectivity index (χ2v) is 4.46. The smallest absolute Gasteiger partial charge is 0.319 e. The molecule has 0 heterocycles. The van der Waals surface area contributed by atoms with Gasteiger partial charge in [-0.05, 0) is 18.1 Å². The van der Waals surface area contributed by atoms with Crippen LogP contribution in [0, 0.1) is 11.3 Å². The molecule has 1 unspecified atom stereocenters. The molecule has 0 aliphatic carbocycles. The lowest BCUT2D eigenvalue weighted by Crippen LogP contribution is -2.21. The van der Waals surface area contributed by atoms with Crippen LogP contribution >= 0.6 is 0 Å². The normalized spacial score (nSPS) is 11.7. The average molecular weight is 265 g/mol. The van der Waals surface area contributed by atoms with Crippen LogP contribution in [0.25, 0.3) is 0 Å². The van der Waals surface area contributed by atoms with Gasteiger partial charge in [-0.15, -0.1) is 0 Å². The van der Waals surface area contributed by atoms with Crippen molar-refractivity contribution in [2.45, 2.75) is 18.9 Å². The number of carbonyl (C=O) groups excluding carboxylic acids is 1. The molecule has 2 aromatic carbocycles. The third kappa shape index (κ3) is 3.24. The highest BCUT2D eigenvalue weighted by Gasteiger charge is 2.25. The summed E-state index contributed by atoms with van der Waals surface area (Å²) < 4.78 is 5.17. The predicted molar refractivity (Wildman–Crippen MR) is 75.9 cm³/mol. The first-order valence-electron chi connectivity index (χ1n) is 6.42. The van der Waals surface area contributed by atoms with Crippen molar-refractivity contribution in [3.63, 3.8) is 0 Å². The molecular weight excluding hydrogens is 250 g/mol. The van der Waals surface area contributed by atoms with Crippen molar-refractivity contribution in [1.29, 1.82) is 5.26 Å². The first kappa shape index (κ1) is 13.8.